The van der Waals surface area contributed by atoms with Crippen LogP contribution in [0, 0.1) is 0 Å². The minimum absolute atomic E-state index is 0.546. The minimum atomic E-state index is -1.13. The Hall–Kier alpha value is -0.940. The molecule has 1 rings (SSSR count). The average molecular weight is 171 g/mol. The molecule has 0 radical (unpaired) electrons. The van der Waals surface area contributed by atoms with E-state index < -0.39 is 11.4 Å². The van der Waals surface area contributed by atoms with Gasteiger partial charge in [0.25, 0.3) is 0 Å². The Morgan fingerprint density at radius 3 is 2.82 bits per heavy atom. The number of aromatic nitrogens is 1. The zero-order valence-corrected chi connectivity index (χ0v) is 6.89. The molecule has 0 bridgehead atoms. The van der Waals surface area contributed by atoms with Crippen LogP contribution in [0.25, 0.3) is 0 Å². The molecule has 0 aromatic carbocycles. The van der Waals surface area contributed by atoms with Gasteiger partial charge in [0.1, 0.15) is 10.5 Å². The summed E-state index contributed by atoms with van der Waals surface area (Å²) in [5.74, 6) is -0.563. The zero-order valence-electron chi connectivity index (χ0n) is 6.07. The van der Waals surface area contributed by atoms with E-state index in [1.54, 1.807) is 18.5 Å². The van der Waals surface area contributed by atoms with Gasteiger partial charge in [0, 0.05) is 11.6 Å². The van der Waals surface area contributed by atoms with Crippen molar-refractivity contribution in [2.45, 2.75) is 12.5 Å². The maximum atomic E-state index is 10.8. The quantitative estimate of drug-likeness (QED) is 0.646. The second kappa shape index (κ2) is 2.60. The molecule has 4 N–H and O–H groups in total. The van der Waals surface area contributed by atoms with E-state index in [4.69, 9.17) is 11.5 Å². The van der Waals surface area contributed by atoms with E-state index in [0.717, 1.165) is 0 Å². The van der Waals surface area contributed by atoms with Crippen molar-refractivity contribution < 1.29 is 4.79 Å². The standard InChI is InChI=1S/C6H9N3OS/c1-6(8,4(7)10)5-9-2-3-11-5/h2-3H,8H2,1H3,(H2,7,10). The van der Waals surface area contributed by atoms with Crippen LogP contribution in [0.4, 0.5) is 0 Å². The van der Waals surface area contributed by atoms with Crippen LogP contribution in [0.5, 0.6) is 0 Å². The lowest BCUT2D eigenvalue weighted by molar-refractivity contribution is -0.122. The van der Waals surface area contributed by atoms with Gasteiger partial charge in [0.2, 0.25) is 5.91 Å². The molecule has 1 aromatic rings. The summed E-state index contributed by atoms with van der Waals surface area (Å²) in [6, 6.07) is 0. The molecule has 0 saturated carbocycles. The van der Waals surface area contributed by atoms with Crippen LogP contribution in [-0.4, -0.2) is 10.9 Å². The van der Waals surface area contributed by atoms with Crippen LogP contribution in [0.15, 0.2) is 11.6 Å². The Morgan fingerprint density at radius 2 is 2.45 bits per heavy atom. The van der Waals surface area contributed by atoms with Crippen LogP contribution in [0.3, 0.4) is 0 Å². The number of hydrogen-bond acceptors (Lipinski definition) is 4. The lowest BCUT2D eigenvalue weighted by atomic mass is 10.1. The first-order valence-electron chi connectivity index (χ1n) is 3.04. The molecular weight excluding hydrogens is 162 g/mol. The molecule has 1 amide bonds. The fraction of sp³-hybridized carbons (Fsp3) is 0.333. The third kappa shape index (κ3) is 1.38. The van der Waals surface area contributed by atoms with E-state index in [-0.39, 0.29) is 0 Å². The lowest BCUT2D eigenvalue weighted by Crippen LogP contribution is -2.46. The van der Waals surface area contributed by atoms with Gasteiger partial charge in [-0.3, -0.25) is 4.79 Å². The number of hydrogen-bond donors (Lipinski definition) is 2. The Balaban J connectivity index is 3.00. The number of nitrogens with zero attached hydrogens (tertiary/aromatic N) is 1. The summed E-state index contributed by atoms with van der Waals surface area (Å²) in [6.07, 6.45) is 1.59. The molecule has 1 heterocycles. The predicted octanol–water partition coefficient (Wildman–Crippen LogP) is -0.198. The topological polar surface area (TPSA) is 82.0 Å². The van der Waals surface area contributed by atoms with E-state index in [1.165, 1.54) is 11.3 Å². The van der Waals surface area contributed by atoms with E-state index >= 15 is 0 Å². The smallest absolute Gasteiger partial charge is 0.244 e. The van der Waals surface area contributed by atoms with Crippen LogP contribution in [0.1, 0.15) is 11.9 Å². The summed E-state index contributed by atoms with van der Waals surface area (Å²) in [5, 5.41) is 2.30. The molecule has 1 aromatic heterocycles. The Bertz CT molecular complexity index is 255. The van der Waals surface area contributed by atoms with Gasteiger partial charge in [0.05, 0.1) is 0 Å². The van der Waals surface area contributed by atoms with Gasteiger partial charge in [-0.25, -0.2) is 4.98 Å². The van der Waals surface area contributed by atoms with Crippen molar-refractivity contribution >= 4 is 17.2 Å². The average Bonchev–Trinajstić information content (AvgIpc) is 2.37. The summed E-state index contributed by atoms with van der Waals surface area (Å²) in [4.78, 5) is 14.7. The van der Waals surface area contributed by atoms with Crippen molar-refractivity contribution in [3.8, 4) is 0 Å². The van der Waals surface area contributed by atoms with Gasteiger partial charge in [0.15, 0.2) is 0 Å². The Labute approximate surface area is 68.2 Å². The lowest BCUT2D eigenvalue weighted by Gasteiger charge is -2.16. The highest BCUT2D eigenvalue weighted by Crippen LogP contribution is 2.18. The first-order valence-corrected chi connectivity index (χ1v) is 3.92. The van der Waals surface area contributed by atoms with Crippen molar-refractivity contribution in [2.24, 2.45) is 11.5 Å². The van der Waals surface area contributed by atoms with Crippen molar-refractivity contribution in [1.29, 1.82) is 0 Å². The molecule has 1 atom stereocenters. The van der Waals surface area contributed by atoms with Crippen LogP contribution >= 0.6 is 11.3 Å². The Kier molecular flexibility index (Phi) is 1.92. The highest BCUT2D eigenvalue weighted by Gasteiger charge is 2.30. The van der Waals surface area contributed by atoms with Gasteiger partial charge in [-0.05, 0) is 6.92 Å². The summed E-state index contributed by atoms with van der Waals surface area (Å²) in [6.45, 7) is 1.55. The molecule has 60 valence electrons. The predicted molar refractivity (Wildman–Crippen MR) is 42.8 cm³/mol. The van der Waals surface area contributed by atoms with Crippen molar-refractivity contribution in [2.75, 3.05) is 0 Å². The number of rotatable bonds is 2. The molecule has 0 aliphatic rings. The third-order valence-electron chi connectivity index (χ3n) is 1.39. The molecule has 1 unspecified atom stereocenters. The molecule has 0 fully saturated rings. The molecule has 4 nitrogen and oxygen atoms in total. The Morgan fingerprint density at radius 1 is 1.82 bits per heavy atom. The summed E-state index contributed by atoms with van der Waals surface area (Å²) < 4.78 is 0. The van der Waals surface area contributed by atoms with E-state index in [0.29, 0.717) is 5.01 Å². The van der Waals surface area contributed by atoms with Crippen LogP contribution in [0.2, 0.25) is 0 Å². The van der Waals surface area contributed by atoms with E-state index in [2.05, 4.69) is 4.98 Å². The highest BCUT2D eigenvalue weighted by atomic mass is 32.1. The van der Waals surface area contributed by atoms with Crippen molar-refractivity contribution in [3.05, 3.63) is 16.6 Å². The SMILES string of the molecule is CC(N)(C(N)=O)c1nccs1. The second-order valence-electron chi connectivity index (χ2n) is 2.40. The molecule has 11 heavy (non-hydrogen) atoms. The maximum Gasteiger partial charge on any atom is 0.244 e. The largest absolute Gasteiger partial charge is 0.368 e. The number of carbonyl (C=O) groups is 1. The highest BCUT2D eigenvalue weighted by molar-refractivity contribution is 7.09. The number of carbonyl (C=O) groups excluding carboxylic acids is 1. The van der Waals surface area contributed by atoms with E-state index in [9.17, 15) is 4.79 Å². The normalized spacial score (nSPS) is 15.8. The molecule has 0 aliphatic heterocycles. The molecule has 0 aliphatic carbocycles. The first-order chi connectivity index (χ1) is 5.05. The van der Waals surface area contributed by atoms with Crippen LogP contribution < -0.4 is 11.5 Å². The summed E-state index contributed by atoms with van der Waals surface area (Å²) in [5.41, 5.74) is 9.53. The maximum absolute atomic E-state index is 10.8. The zero-order chi connectivity index (χ0) is 8.48. The molecule has 0 saturated heterocycles. The molecular formula is C6H9N3OS. The third-order valence-corrected chi connectivity index (χ3v) is 2.40. The van der Waals surface area contributed by atoms with Crippen molar-refractivity contribution in [3.63, 3.8) is 0 Å². The summed E-state index contributed by atoms with van der Waals surface area (Å²) in [7, 11) is 0. The summed E-state index contributed by atoms with van der Waals surface area (Å²) >= 11 is 1.32. The minimum Gasteiger partial charge on any atom is -0.368 e. The van der Waals surface area contributed by atoms with Crippen LogP contribution in [-0.2, 0) is 10.3 Å². The second-order valence-corrected chi connectivity index (χ2v) is 3.30. The molecule has 0 spiro atoms. The van der Waals surface area contributed by atoms with Gasteiger partial charge in [-0.1, -0.05) is 0 Å². The molecule has 5 heteroatoms. The van der Waals surface area contributed by atoms with Gasteiger partial charge >= 0.3 is 0 Å². The fourth-order valence-electron chi connectivity index (χ4n) is 0.585. The van der Waals surface area contributed by atoms with Gasteiger partial charge in [-0.15, -0.1) is 11.3 Å². The van der Waals surface area contributed by atoms with Gasteiger partial charge < -0.3 is 11.5 Å². The fourth-order valence-corrected chi connectivity index (χ4v) is 1.30. The van der Waals surface area contributed by atoms with E-state index in [1.807, 2.05) is 0 Å². The first kappa shape index (κ1) is 8.16. The number of amides is 1. The number of thiazole rings is 1. The number of primary amides is 1. The monoisotopic (exact) mass is 171 g/mol. The van der Waals surface area contributed by atoms with Crippen molar-refractivity contribution in [1.82, 2.24) is 4.98 Å². The van der Waals surface area contributed by atoms with Gasteiger partial charge in [-0.2, -0.15) is 0 Å². The number of nitrogens with two attached hydrogens (primary N) is 2.